The van der Waals surface area contributed by atoms with Gasteiger partial charge in [0.2, 0.25) is 0 Å². The Hall–Kier alpha value is -0.350. The molecular weight excluding hydrogens is 254 g/mol. The number of hydrogen-bond donors (Lipinski definition) is 2. The Balaban J connectivity index is 0. The molecule has 0 aliphatic carbocycles. The Kier molecular flexibility index (Phi) is 9.72. The number of alkyl halides is 3. The minimum Gasteiger partial charge on any atom is -0.475 e. The van der Waals surface area contributed by atoms with Crippen LogP contribution >= 0.6 is 7.92 Å². The quantitative estimate of drug-likeness (QED) is 0.775. The third kappa shape index (κ3) is 10.5. The van der Waals surface area contributed by atoms with Crippen LogP contribution in [0.4, 0.5) is 13.2 Å². The molecule has 0 aliphatic heterocycles. The van der Waals surface area contributed by atoms with E-state index in [0.717, 1.165) is 17.9 Å². The topological polar surface area (TPSA) is 63.3 Å². The molecule has 0 aromatic carbocycles. The Bertz CT molecular complexity index is 212. The van der Waals surface area contributed by atoms with Crippen LogP contribution in [0.5, 0.6) is 0 Å². The first kappa shape index (κ1) is 19.0. The molecule has 3 N–H and O–H groups in total. The fourth-order valence-electron chi connectivity index (χ4n) is 1.26. The average molecular weight is 275 g/mol. The van der Waals surface area contributed by atoms with E-state index in [1.807, 2.05) is 0 Å². The lowest BCUT2D eigenvalue weighted by Crippen LogP contribution is -2.21. The van der Waals surface area contributed by atoms with Gasteiger partial charge in [0.05, 0.1) is 0 Å². The van der Waals surface area contributed by atoms with Crippen molar-refractivity contribution in [3.8, 4) is 0 Å². The van der Waals surface area contributed by atoms with Gasteiger partial charge >= 0.3 is 12.1 Å². The summed E-state index contributed by atoms with van der Waals surface area (Å²) in [6, 6.07) is 0. The van der Waals surface area contributed by atoms with Gasteiger partial charge < -0.3 is 10.8 Å². The van der Waals surface area contributed by atoms with E-state index in [0.29, 0.717) is 0 Å². The minimum absolute atomic E-state index is 0.196. The van der Waals surface area contributed by atoms with Crippen molar-refractivity contribution >= 4 is 13.9 Å². The van der Waals surface area contributed by atoms with Crippen LogP contribution in [0, 0.1) is 0 Å². The van der Waals surface area contributed by atoms with Crippen LogP contribution in [0.1, 0.15) is 27.7 Å². The van der Waals surface area contributed by atoms with Crippen LogP contribution in [-0.4, -0.2) is 41.3 Å². The van der Waals surface area contributed by atoms with Crippen molar-refractivity contribution in [2.75, 3.05) is 12.7 Å². The first-order valence-electron chi connectivity index (χ1n) is 5.29. The highest BCUT2D eigenvalue weighted by Gasteiger charge is 2.38. The highest BCUT2D eigenvalue weighted by molar-refractivity contribution is 7.59. The van der Waals surface area contributed by atoms with Gasteiger partial charge in [-0.1, -0.05) is 27.7 Å². The lowest BCUT2D eigenvalue weighted by Gasteiger charge is -2.24. The van der Waals surface area contributed by atoms with E-state index in [2.05, 4.69) is 27.7 Å². The van der Waals surface area contributed by atoms with Crippen molar-refractivity contribution < 1.29 is 23.1 Å². The number of aliphatic carboxylic acids is 1. The molecule has 0 fully saturated rings. The predicted molar refractivity (Wildman–Crippen MR) is 64.8 cm³/mol. The fraction of sp³-hybridized carbons (Fsp3) is 0.900. The zero-order valence-corrected chi connectivity index (χ0v) is 11.5. The van der Waals surface area contributed by atoms with E-state index in [1.54, 1.807) is 0 Å². The van der Waals surface area contributed by atoms with Gasteiger partial charge in [-0.05, 0) is 24.0 Å². The van der Waals surface area contributed by atoms with Crippen molar-refractivity contribution in [3.63, 3.8) is 0 Å². The molecule has 0 aliphatic rings. The molecule has 0 amide bonds. The first-order chi connectivity index (χ1) is 7.53. The Morgan fingerprint density at radius 3 is 1.59 bits per heavy atom. The molecule has 0 heterocycles. The maximum atomic E-state index is 10.6. The predicted octanol–water partition coefficient (Wildman–Crippen LogP) is 2.88. The second-order valence-corrected chi connectivity index (χ2v) is 7.56. The van der Waals surface area contributed by atoms with Crippen molar-refractivity contribution in [1.29, 1.82) is 0 Å². The van der Waals surface area contributed by atoms with Gasteiger partial charge in [-0.3, -0.25) is 0 Å². The molecule has 0 saturated heterocycles. The third-order valence-corrected chi connectivity index (χ3v) is 5.38. The zero-order valence-electron chi connectivity index (χ0n) is 10.6. The maximum Gasteiger partial charge on any atom is 0.490 e. The van der Waals surface area contributed by atoms with Gasteiger partial charge in [-0.15, -0.1) is 7.92 Å². The largest absolute Gasteiger partial charge is 0.490 e. The summed E-state index contributed by atoms with van der Waals surface area (Å²) in [6.07, 6.45) is -3.84. The molecule has 0 unspecified atom stereocenters. The summed E-state index contributed by atoms with van der Waals surface area (Å²) in [5, 5.41) is 7.12. The molecule has 0 rings (SSSR count). The number of hydrogen-bond acceptors (Lipinski definition) is 2. The molecule has 0 aromatic heterocycles. The molecule has 0 bridgehead atoms. The monoisotopic (exact) mass is 275 g/mol. The highest BCUT2D eigenvalue weighted by Crippen LogP contribution is 2.44. The summed E-state index contributed by atoms with van der Waals surface area (Å²) in [4.78, 5) is 8.90. The van der Waals surface area contributed by atoms with Crippen molar-refractivity contribution in [1.82, 2.24) is 0 Å². The standard InChI is InChI=1S/C8H20NP.C2HF3O2/c1-7(2)10(6-5-9)8(3)4;3-2(4,5)1(6)7/h7-8H,5-6,9H2,1-4H3;(H,6,7). The number of carboxylic acid groups (broad SMARTS) is 1. The molecule has 0 spiro atoms. The second-order valence-electron chi connectivity index (χ2n) is 4.02. The van der Waals surface area contributed by atoms with Crippen molar-refractivity contribution in [2.45, 2.75) is 45.2 Å². The van der Waals surface area contributed by atoms with E-state index in [4.69, 9.17) is 15.6 Å². The molecule has 3 nitrogen and oxygen atoms in total. The highest BCUT2D eigenvalue weighted by atomic mass is 31.1. The molecule has 104 valence electrons. The molecule has 7 heteroatoms. The lowest BCUT2D eigenvalue weighted by molar-refractivity contribution is -0.192. The minimum atomic E-state index is -5.08. The van der Waals surface area contributed by atoms with E-state index in [9.17, 15) is 13.2 Å². The van der Waals surface area contributed by atoms with Gasteiger partial charge in [-0.25, -0.2) is 4.79 Å². The van der Waals surface area contributed by atoms with Crippen LogP contribution < -0.4 is 5.73 Å². The zero-order chi connectivity index (χ0) is 14.2. The summed E-state index contributed by atoms with van der Waals surface area (Å²) >= 11 is 0. The summed E-state index contributed by atoms with van der Waals surface area (Å²) < 4.78 is 31.7. The van der Waals surface area contributed by atoms with Crippen LogP contribution in [0.15, 0.2) is 0 Å². The van der Waals surface area contributed by atoms with Gasteiger partial charge in [0.1, 0.15) is 0 Å². The number of nitrogens with two attached hydrogens (primary N) is 1. The van der Waals surface area contributed by atoms with Crippen LogP contribution in [0.3, 0.4) is 0 Å². The van der Waals surface area contributed by atoms with E-state index >= 15 is 0 Å². The van der Waals surface area contributed by atoms with Crippen LogP contribution in [0.2, 0.25) is 0 Å². The van der Waals surface area contributed by atoms with E-state index in [-0.39, 0.29) is 7.92 Å². The number of rotatable bonds is 4. The Morgan fingerprint density at radius 1 is 1.24 bits per heavy atom. The summed E-state index contributed by atoms with van der Waals surface area (Å²) in [7, 11) is 0.196. The van der Waals surface area contributed by atoms with Crippen molar-refractivity contribution in [2.24, 2.45) is 5.73 Å². The van der Waals surface area contributed by atoms with Crippen LogP contribution in [-0.2, 0) is 4.79 Å². The average Bonchev–Trinajstić information content (AvgIpc) is 2.12. The molecular formula is C10H21F3NO2P. The summed E-state index contributed by atoms with van der Waals surface area (Å²) in [6.45, 7) is 10.1. The van der Waals surface area contributed by atoms with Crippen molar-refractivity contribution in [3.05, 3.63) is 0 Å². The Morgan fingerprint density at radius 2 is 1.53 bits per heavy atom. The molecule has 17 heavy (non-hydrogen) atoms. The van der Waals surface area contributed by atoms with E-state index < -0.39 is 12.1 Å². The third-order valence-electron chi connectivity index (χ3n) is 1.96. The smallest absolute Gasteiger partial charge is 0.475 e. The Labute approximate surface area is 101 Å². The molecule has 0 aromatic rings. The first-order valence-corrected chi connectivity index (χ1v) is 6.96. The number of carboxylic acids is 1. The second kappa shape index (κ2) is 8.70. The fourth-order valence-corrected chi connectivity index (χ4v) is 3.79. The molecule has 0 saturated carbocycles. The number of halogens is 3. The van der Waals surface area contributed by atoms with Gasteiger partial charge in [0.15, 0.2) is 0 Å². The number of carbonyl (C=O) groups is 1. The SMILES string of the molecule is CC(C)P(CCN)C(C)C.O=C(O)C(F)(F)F. The maximum absolute atomic E-state index is 10.6. The summed E-state index contributed by atoms with van der Waals surface area (Å²) in [5.74, 6) is -2.76. The van der Waals surface area contributed by atoms with Gasteiger partial charge in [-0.2, -0.15) is 13.2 Å². The lowest BCUT2D eigenvalue weighted by atomic mass is 10.5. The van der Waals surface area contributed by atoms with Gasteiger partial charge in [0.25, 0.3) is 0 Å². The van der Waals surface area contributed by atoms with E-state index in [1.165, 1.54) is 6.16 Å². The van der Waals surface area contributed by atoms with Crippen LogP contribution in [0.25, 0.3) is 0 Å². The van der Waals surface area contributed by atoms with Gasteiger partial charge in [0, 0.05) is 0 Å². The molecule has 0 atom stereocenters. The normalized spacial score (nSPS) is 11.7. The molecule has 0 radical (unpaired) electrons. The summed E-state index contributed by atoms with van der Waals surface area (Å²) in [5.41, 5.74) is 7.21.